The summed E-state index contributed by atoms with van der Waals surface area (Å²) in [5, 5.41) is 0. The molecule has 3 heteroatoms. The van der Waals surface area contributed by atoms with E-state index < -0.39 is 0 Å². The maximum absolute atomic E-state index is 6.06. The molecule has 0 amide bonds. The number of fused-ring (bicyclic) bond motifs is 1. The summed E-state index contributed by atoms with van der Waals surface area (Å²) in [7, 11) is 0. The minimum Gasteiger partial charge on any atom is -0.372 e. The fourth-order valence-electron chi connectivity index (χ4n) is 3.59. The molecule has 3 rings (SSSR count). The van der Waals surface area contributed by atoms with Gasteiger partial charge >= 0.3 is 0 Å². The summed E-state index contributed by atoms with van der Waals surface area (Å²) in [5.74, 6) is 0.767. The van der Waals surface area contributed by atoms with E-state index in [1.54, 1.807) is 0 Å². The van der Waals surface area contributed by atoms with Crippen molar-refractivity contribution in [1.29, 1.82) is 0 Å². The van der Waals surface area contributed by atoms with Crippen molar-refractivity contribution in [3.8, 4) is 0 Å². The van der Waals surface area contributed by atoms with E-state index in [4.69, 9.17) is 16.3 Å². The molecule has 1 aromatic carbocycles. The average molecular weight is 294 g/mol. The maximum Gasteiger partial charge on any atom is 0.0954 e. The van der Waals surface area contributed by atoms with Gasteiger partial charge in [-0.15, -0.1) is 11.6 Å². The molecule has 1 aromatic rings. The zero-order valence-corrected chi connectivity index (χ0v) is 12.8. The Morgan fingerprint density at radius 3 is 3.05 bits per heavy atom. The maximum atomic E-state index is 6.06. The van der Waals surface area contributed by atoms with Crippen LogP contribution in [0, 0.1) is 0 Å². The van der Waals surface area contributed by atoms with Crippen LogP contribution in [0.2, 0.25) is 0 Å². The predicted molar refractivity (Wildman–Crippen MR) is 83.4 cm³/mol. The number of hydrogen-bond donors (Lipinski definition) is 0. The van der Waals surface area contributed by atoms with E-state index in [1.807, 2.05) is 0 Å². The van der Waals surface area contributed by atoms with Crippen LogP contribution in [0.4, 0.5) is 0 Å². The van der Waals surface area contributed by atoms with Crippen molar-refractivity contribution in [3.05, 3.63) is 35.4 Å². The fraction of sp³-hybridized carbons (Fsp3) is 0.647. The van der Waals surface area contributed by atoms with Crippen molar-refractivity contribution in [3.63, 3.8) is 0 Å². The largest absolute Gasteiger partial charge is 0.372 e. The highest BCUT2D eigenvalue weighted by Crippen LogP contribution is 2.30. The zero-order chi connectivity index (χ0) is 13.8. The SMILES string of the molecule is ClCCC1CCCCN1CC1OCCc2ccccc21. The molecular weight excluding hydrogens is 270 g/mol. The van der Waals surface area contributed by atoms with Crippen LogP contribution < -0.4 is 0 Å². The van der Waals surface area contributed by atoms with Gasteiger partial charge < -0.3 is 4.74 Å². The number of alkyl halides is 1. The standard InChI is InChI=1S/C17H24ClNO/c18-10-8-15-6-3-4-11-19(15)13-17-16-7-2-1-5-14(16)9-12-20-17/h1-2,5,7,15,17H,3-4,6,8-13H2. The Kier molecular flexibility index (Phi) is 4.98. The van der Waals surface area contributed by atoms with Gasteiger partial charge in [-0.1, -0.05) is 30.7 Å². The van der Waals surface area contributed by atoms with Crippen LogP contribution in [-0.2, 0) is 11.2 Å². The lowest BCUT2D eigenvalue weighted by Crippen LogP contribution is -2.43. The number of halogens is 1. The second kappa shape index (κ2) is 6.93. The third kappa shape index (κ3) is 3.19. The van der Waals surface area contributed by atoms with Crippen molar-refractivity contribution in [2.45, 2.75) is 44.2 Å². The average Bonchev–Trinajstić information content (AvgIpc) is 2.50. The summed E-state index contributed by atoms with van der Waals surface area (Å²) >= 11 is 5.97. The smallest absolute Gasteiger partial charge is 0.0954 e. The van der Waals surface area contributed by atoms with Crippen molar-refractivity contribution in [2.24, 2.45) is 0 Å². The minimum absolute atomic E-state index is 0.246. The lowest BCUT2D eigenvalue weighted by Gasteiger charge is -2.39. The molecule has 0 aliphatic carbocycles. The van der Waals surface area contributed by atoms with Gasteiger partial charge in [-0.25, -0.2) is 0 Å². The molecule has 2 atom stereocenters. The summed E-state index contributed by atoms with van der Waals surface area (Å²) in [6.45, 7) is 3.08. The van der Waals surface area contributed by atoms with Gasteiger partial charge in [0.15, 0.2) is 0 Å². The van der Waals surface area contributed by atoms with Crippen molar-refractivity contribution >= 4 is 11.6 Å². The second-order valence-corrected chi connectivity index (χ2v) is 6.31. The Hall–Kier alpha value is -0.570. The number of hydrogen-bond acceptors (Lipinski definition) is 2. The Morgan fingerprint density at radius 2 is 2.15 bits per heavy atom. The molecule has 1 fully saturated rings. The zero-order valence-electron chi connectivity index (χ0n) is 12.1. The van der Waals surface area contributed by atoms with Gasteiger partial charge in [0, 0.05) is 18.5 Å². The highest BCUT2D eigenvalue weighted by atomic mass is 35.5. The Balaban J connectivity index is 1.71. The van der Waals surface area contributed by atoms with E-state index in [1.165, 1.54) is 36.9 Å². The third-order valence-corrected chi connectivity index (χ3v) is 4.90. The van der Waals surface area contributed by atoms with Crippen LogP contribution in [-0.4, -0.2) is 36.5 Å². The Morgan fingerprint density at radius 1 is 1.25 bits per heavy atom. The van der Waals surface area contributed by atoms with Gasteiger partial charge in [0.1, 0.15) is 0 Å². The van der Waals surface area contributed by atoms with Gasteiger partial charge in [-0.3, -0.25) is 4.90 Å². The minimum atomic E-state index is 0.246. The number of piperidine rings is 1. The summed E-state index contributed by atoms with van der Waals surface area (Å²) < 4.78 is 6.06. The molecule has 2 heterocycles. The third-order valence-electron chi connectivity index (χ3n) is 4.68. The van der Waals surface area contributed by atoms with Crippen LogP contribution >= 0.6 is 11.6 Å². The molecule has 2 unspecified atom stereocenters. The first-order valence-electron chi connectivity index (χ1n) is 7.88. The molecule has 0 bridgehead atoms. The quantitative estimate of drug-likeness (QED) is 0.783. The highest BCUT2D eigenvalue weighted by Gasteiger charge is 2.28. The highest BCUT2D eigenvalue weighted by molar-refractivity contribution is 6.17. The van der Waals surface area contributed by atoms with Crippen molar-refractivity contribution < 1.29 is 4.74 Å². The first-order chi connectivity index (χ1) is 9.88. The van der Waals surface area contributed by atoms with E-state index >= 15 is 0 Å². The predicted octanol–water partition coefficient (Wildman–Crippen LogP) is 3.78. The number of rotatable bonds is 4. The second-order valence-electron chi connectivity index (χ2n) is 5.93. The van der Waals surface area contributed by atoms with E-state index in [-0.39, 0.29) is 6.10 Å². The summed E-state index contributed by atoms with van der Waals surface area (Å²) in [4.78, 5) is 2.61. The lowest BCUT2D eigenvalue weighted by molar-refractivity contribution is -0.00171. The fourth-order valence-corrected chi connectivity index (χ4v) is 3.85. The molecule has 0 N–H and O–H groups in total. The molecule has 20 heavy (non-hydrogen) atoms. The van der Waals surface area contributed by atoms with Crippen molar-refractivity contribution in [1.82, 2.24) is 4.90 Å². The molecule has 0 saturated carbocycles. The van der Waals surface area contributed by atoms with Crippen LogP contribution in [0.25, 0.3) is 0 Å². The molecule has 2 nitrogen and oxygen atoms in total. The first kappa shape index (κ1) is 14.4. The van der Waals surface area contributed by atoms with Gasteiger partial charge in [0.2, 0.25) is 0 Å². The lowest BCUT2D eigenvalue weighted by atomic mass is 9.95. The van der Waals surface area contributed by atoms with Crippen LogP contribution in [0.5, 0.6) is 0 Å². The summed E-state index contributed by atoms with van der Waals surface area (Å²) in [6.07, 6.45) is 6.36. The Labute approximate surface area is 127 Å². The summed E-state index contributed by atoms with van der Waals surface area (Å²) in [5.41, 5.74) is 2.86. The number of nitrogens with zero attached hydrogens (tertiary/aromatic N) is 1. The number of likely N-dealkylation sites (tertiary alicyclic amines) is 1. The Bertz CT molecular complexity index is 435. The molecule has 2 aliphatic heterocycles. The van der Waals surface area contributed by atoms with Gasteiger partial charge in [-0.2, -0.15) is 0 Å². The van der Waals surface area contributed by atoms with E-state index in [2.05, 4.69) is 29.2 Å². The van der Waals surface area contributed by atoms with E-state index in [0.29, 0.717) is 6.04 Å². The van der Waals surface area contributed by atoms with Gasteiger partial charge in [0.05, 0.1) is 12.7 Å². The molecule has 0 radical (unpaired) electrons. The van der Waals surface area contributed by atoms with Crippen LogP contribution in [0.1, 0.15) is 42.9 Å². The van der Waals surface area contributed by atoms with E-state index in [0.717, 1.165) is 31.9 Å². The van der Waals surface area contributed by atoms with Gasteiger partial charge in [0.25, 0.3) is 0 Å². The molecular formula is C17H24ClNO. The molecule has 0 spiro atoms. The summed E-state index contributed by atoms with van der Waals surface area (Å²) in [6, 6.07) is 9.40. The monoisotopic (exact) mass is 293 g/mol. The number of ether oxygens (including phenoxy) is 1. The molecule has 110 valence electrons. The van der Waals surface area contributed by atoms with Crippen LogP contribution in [0.15, 0.2) is 24.3 Å². The normalized spacial score (nSPS) is 27.2. The molecule has 1 saturated heterocycles. The van der Waals surface area contributed by atoms with Crippen LogP contribution in [0.3, 0.4) is 0 Å². The molecule has 0 aromatic heterocycles. The van der Waals surface area contributed by atoms with E-state index in [9.17, 15) is 0 Å². The van der Waals surface area contributed by atoms with Gasteiger partial charge in [-0.05, 0) is 43.4 Å². The van der Waals surface area contributed by atoms with Crippen molar-refractivity contribution in [2.75, 3.05) is 25.6 Å². The number of benzene rings is 1. The topological polar surface area (TPSA) is 12.5 Å². The molecule has 2 aliphatic rings. The first-order valence-corrected chi connectivity index (χ1v) is 8.41.